The Hall–Kier alpha value is -2.10. The Kier molecular flexibility index (Phi) is 4.74. The number of esters is 1. The molecule has 3 rings (SSSR count). The molecular weight excluding hydrogens is 304 g/mol. The number of hydrogen-bond acceptors (Lipinski definition) is 3. The van der Waals surface area contributed by atoms with Gasteiger partial charge in [0.15, 0.2) is 0 Å². The smallest absolute Gasteiger partial charge is 0.335 e. The van der Waals surface area contributed by atoms with Gasteiger partial charge < -0.3 is 9.84 Å². The molecule has 1 aromatic rings. The molecule has 2 atom stereocenters. The average molecular weight is 328 g/mol. The zero-order chi connectivity index (χ0) is 17.3. The van der Waals surface area contributed by atoms with Crippen LogP contribution in [0, 0.1) is 17.8 Å². The zero-order valence-corrected chi connectivity index (χ0v) is 14.0. The standard InChI is InChI=1S/C20H24O4/c1-12(2)24-20(23)18-11-17(18)15-7-3-13(4-8-15)14-5-9-16(10-6-14)19(21)22/h5-6,9-10,13,15,17-18H,1,3-4,7-8,11H2,2H3,(H,21,22)/t13?,15?,17?,18-/m1/s1. The quantitative estimate of drug-likeness (QED) is 0.644. The molecular formula is C20H24O4. The third-order valence-electron chi connectivity index (χ3n) is 5.42. The summed E-state index contributed by atoms with van der Waals surface area (Å²) in [4.78, 5) is 22.8. The maximum atomic E-state index is 11.9. The maximum Gasteiger partial charge on any atom is 0.335 e. The fourth-order valence-electron chi connectivity index (χ4n) is 4.03. The summed E-state index contributed by atoms with van der Waals surface area (Å²) in [5.41, 5.74) is 1.57. The van der Waals surface area contributed by atoms with E-state index in [1.165, 1.54) is 5.56 Å². The van der Waals surface area contributed by atoms with E-state index < -0.39 is 5.97 Å². The van der Waals surface area contributed by atoms with Crippen molar-refractivity contribution in [1.82, 2.24) is 0 Å². The second kappa shape index (κ2) is 6.80. The van der Waals surface area contributed by atoms with Gasteiger partial charge in [-0.3, -0.25) is 4.79 Å². The molecule has 0 spiro atoms. The normalized spacial score (nSPS) is 28.9. The van der Waals surface area contributed by atoms with Gasteiger partial charge in [-0.15, -0.1) is 0 Å². The zero-order valence-electron chi connectivity index (χ0n) is 14.0. The molecule has 4 heteroatoms. The Balaban J connectivity index is 1.50. The van der Waals surface area contributed by atoms with Crippen LogP contribution in [0.3, 0.4) is 0 Å². The molecule has 0 aromatic heterocycles. The van der Waals surface area contributed by atoms with Gasteiger partial charge in [0.25, 0.3) is 0 Å². The fraction of sp³-hybridized carbons (Fsp3) is 0.500. The lowest BCUT2D eigenvalue weighted by Gasteiger charge is -2.29. The second-order valence-electron chi connectivity index (χ2n) is 7.17. The number of hydrogen-bond donors (Lipinski definition) is 1. The largest absolute Gasteiger partial charge is 0.478 e. The molecule has 0 heterocycles. The van der Waals surface area contributed by atoms with Crippen LogP contribution in [0.5, 0.6) is 0 Å². The lowest BCUT2D eigenvalue weighted by atomic mass is 9.76. The van der Waals surface area contributed by atoms with E-state index in [1.54, 1.807) is 19.1 Å². The van der Waals surface area contributed by atoms with Gasteiger partial charge in [0.05, 0.1) is 17.2 Å². The maximum absolute atomic E-state index is 11.9. The van der Waals surface area contributed by atoms with Gasteiger partial charge in [0.1, 0.15) is 0 Å². The fourth-order valence-corrected chi connectivity index (χ4v) is 4.03. The van der Waals surface area contributed by atoms with Crippen molar-refractivity contribution in [2.24, 2.45) is 17.8 Å². The Bertz CT molecular complexity index is 638. The summed E-state index contributed by atoms with van der Waals surface area (Å²) in [5.74, 6) is 1.14. The highest BCUT2D eigenvalue weighted by Crippen LogP contribution is 2.51. The van der Waals surface area contributed by atoms with Crippen LogP contribution < -0.4 is 0 Å². The first-order valence-corrected chi connectivity index (χ1v) is 8.66. The topological polar surface area (TPSA) is 63.6 Å². The Morgan fingerprint density at radius 2 is 1.75 bits per heavy atom. The molecule has 0 bridgehead atoms. The lowest BCUT2D eigenvalue weighted by Crippen LogP contribution is -2.17. The third-order valence-corrected chi connectivity index (χ3v) is 5.42. The number of benzene rings is 1. The predicted octanol–water partition coefficient (Wildman–Crippen LogP) is 4.37. The van der Waals surface area contributed by atoms with E-state index in [9.17, 15) is 9.59 Å². The molecule has 0 amide bonds. The van der Waals surface area contributed by atoms with Crippen LogP contribution in [0.15, 0.2) is 36.6 Å². The van der Waals surface area contributed by atoms with E-state index in [0.29, 0.717) is 29.1 Å². The SMILES string of the molecule is C=C(C)OC(=O)[C@@H]1CC1C1CCC(c2ccc(C(=O)O)cc2)CC1. The number of allylic oxidation sites excluding steroid dienone is 1. The van der Waals surface area contributed by atoms with Crippen molar-refractivity contribution in [3.8, 4) is 0 Å². The summed E-state index contributed by atoms with van der Waals surface area (Å²) < 4.78 is 5.13. The first kappa shape index (κ1) is 16.7. The molecule has 24 heavy (non-hydrogen) atoms. The van der Waals surface area contributed by atoms with Crippen LogP contribution in [0.25, 0.3) is 0 Å². The molecule has 1 aromatic carbocycles. The van der Waals surface area contributed by atoms with Gasteiger partial charge in [-0.1, -0.05) is 18.7 Å². The monoisotopic (exact) mass is 328 g/mol. The lowest BCUT2D eigenvalue weighted by molar-refractivity contribution is -0.141. The van der Waals surface area contributed by atoms with Gasteiger partial charge in [-0.05, 0) is 74.5 Å². The van der Waals surface area contributed by atoms with Crippen molar-refractivity contribution in [3.05, 3.63) is 47.7 Å². The minimum atomic E-state index is -0.883. The Morgan fingerprint density at radius 1 is 1.12 bits per heavy atom. The van der Waals surface area contributed by atoms with Gasteiger partial charge >= 0.3 is 11.9 Å². The van der Waals surface area contributed by atoms with Crippen molar-refractivity contribution < 1.29 is 19.4 Å². The van der Waals surface area contributed by atoms with Gasteiger partial charge in [0.2, 0.25) is 0 Å². The van der Waals surface area contributed by atoms with Crippen LogP contribution in [0.1, 0.15) is 60.9 Å². The van der Waals surface area contributed by atoms with E-state index in [4.69, 9.17) is 9.84 Å². The van der Waals surface area contributed by atoms with Crippen molar-refractivity contribution >= 4 is 11.9 Å². The summed E-state index contributed by atoms with van der Waals surface area (Å²) in [6.45, 7) is 5.33. The van der Waals surface area contributed by atoms with Gasteiger partial charge in [-0.2, -0.15) is 0 Å². The molecule has 1 unspecified atom stereocenters. The van der Waals surface area contributed by atoms with E-state index in [2.05, 4.69) is 6.58 Å². The van der Waals surface area contributed by atoms with Crippen molar-refractivity contribution in [2.45, 2.75) is 44.9 Å². The molecule has 4 nitrogen and oxygen atoms in total. The summed E-state index contributed by atoms with van der Waals surface area (Å²) in [5, 5.41) is 8.97. The molecule has 0 radical (unpaired) electrons. The molecule has 2 saturated carbocycles. The van der Waals surface area contributed by atoms with E-state index in [1.807, 2.05) is 12.1 Å². The van der Waals surface area contributed by atoms with Crippen LogP contribution >= 0.6 is 0 Å². The first-order valence-electron chi connectivity index (χ1n) is 8.66. The molecule has 0 saturated heterocycles. The minimum Gasteiger partial charge on any atom is -0.478 e. The number of rotatable bonds is 5. The number of aromatic carboxylic acids is 1. The highest BCUT2D eigenvalue weighted by molar-refractivity contribution is 5.87. The Labute approximate surface area is 142 Å². The predicted molar refractivity (Wildman–Crippen MR) is 90.6 cm³/mol. The van der Waals surface area contributed by atoms with E-state index in [-0.39, 0.29) is 11.9 Å². The first-order chi connectivity index (χ1) is 11.5. The molecule has 0 aliphatic heterocycles. The number of carbonyl (C=O) groups excluding carboxylic acids is 1. The van der Waals surface area contributed by atoms with Gasteiger partial charge in [0, 0.05) is 0 Å². The van der Waals surface area contributed by atoms with Crippen LogP contribution in [-0.2, 0) is 9.53 Å². The molecule has 1 N–H and O–H groups in total. The van der Waals surface area contributed by atoms with Crippen LogP contribution in [-0.4, -0.2) is 17.0 Å². The highest BCUT2D eigenvalue weighted by atomic mass is 16.5. The molecule has 128 valence electrons. The average Bonchev–Trinajstić information content (AvgIpc) is 3.35. The van der Waals surface area contributed by atoms with Crippen LogP contribution in [0.4, 0.5) is 0 Å². The molecule has 2 aliphatic rings. The number of carbonyl (C=O) groups is 2. The number of ether oxygens (including phenoxy) is 1. The number of carboxylic acids is 1. The van der Waals surface area contributed by atoms with Crippen molar-refractivity contribution in [3.63, 3.8) is 0 Å². The Morgan fingerprint density at radius 3 is 2.29 bits per heavy atom. The summed E-state index contributed by atoms with van der Waals surface area (Å²) >= 11 is 0. The summed E-state index contributed by atoms with van der Waals surface area (Å²) in [7, 11) is 0. The number of carboxylic acid groups (broad SMARTS) is 1. The highest BCUT2D eigenvalue weighted by Gasteiger charge is 2.49. The third kappa shape index (κ3) is 3.69. The van der Waals surface area contributed by atoms with Crippen LogP contribution in [0.2, 0.25) is 0 Å². The van der Waals surface area contributed by atoms with Gasteiger partial charge in [-0.25, -0.2) is 4.79 Å². The molecule has 2 aliphatic carbocycles. The van der Waals surface area contributed by atoms with E-state index in [0.717, 1.165) is 32.1 Å². The van der Waals surface area contributed by atoms with E-state index >= 15 is 0 Å². The van der Waals surface area contributed by atoms with Crippen molar-refractivity contribution in [2.75, 3.05) is 0 Å². The summed E-state index contributed by atoms with van der Waals surface area (Å²) in [6, 6.07) is 7.26. The minimum absolute atomic E-state index is 0.0677. The summed E-state index contributed by atoms with van der Waals surface area (Å²) in [6.07, 6.45) is 5.43. The van der Waals surface area contributed by atoms with Crippen molar-refractivity contribution in [1.29, 1.82) is 0 Å². The second-order valence-corrected chi connectivity index (χ2v) is 7.17. The molecule has 2 fully saturated rings.